The van der Waals surface area contributed by atoms with Gasteiger partial charge in [-0.05, 0) is 30.2 Å². The Labute approximate surface area is 114 Å². The zero-order valence-corrected chi connectivity index (χ0v) is 11.2. The molecular formula is C17H19NO. The van der Waals surface area contributed by atoms with Crippen molar-refractivity contribution in [2.45, 2.75) is 19.3 Å². The second kappa shape index (κ2) is 6.30. The maximum Gasteiger partial charge on any atom is 0.130 e. The lowest BCUT2D eigenvalue weighted by Crippen LogP contribution is -2.15. The van der Waals surface area contributed by atoms with Gasteiger partial charge in [0, 0.05) is 12.3 Å². The topological polar surface area (TPSA) is 43.1 Å². The molecule has 2 heteroatoms. The van der Waals surface area contributed by atoms with Gasteiger partial charge in [0.2, 0.25) is 0 Å². The van der Waals surface area contributed by atoms with Crippen LogP contribution in [0.3, 0.4) is 0 Å². The van der Waals surface area contributed by atoms with Crippen molar-refractivity contribution in [1.82, 2.24) is 0 Å². The Morgan fingerprint density at radius 3 is 2.37 bits per heavy atom. The molecule has 0 fully saturated rings. The molecule has 2 aromatic rings. The van der Waals surface area contributed by atoms with Crippen molar-refractivity contribution in [2.24, 2.45) is 5.73 Å². The lowest BCUT2D eigenvalue weighted by molar-refractivity contribution is -0.117. The van der Waals surface area contributed by atoms with Crippen LogP contribution in [-0.4, -0.2) is 12.3 Å². The van der Waals surface area contributed by atoms with E-state index in [1.54, 1.807) is 6.92 Å². The van der Waals surface area contributed by atoms with Crippen LogP contribution in [0, 0.1) is 0 Å². The molecule has 2 nitrogen and oxygen atoms in total. The molecule has 19 heavy (non-hydrogen) atoms. The van der Waals surface area contributed by atoms with Gasteiger partial charge in [-0.25, -0.2) is 0 Å². The summed E-state index contributed by atoms with van der Waals surface area (Å²) in [6.07, 6.45) is 0.509. The maximum atomic E-state index is 11.3. The molecule has 0 bridgehead atoms. The number of ketones is 1. The quantitative estimate of drug-likeness (QED) is 0.887. The highest BCUT2D eigenvalue weighted by Gasteiger charge is 2.12. The minimum Gasteiger partial charge on any atom is -0.330 e. The van der Waals surface area contributed by atoms with Crippen LogP contribution in [0.5, 0.6) is 0 Å². The standard InChI is InChI=1S/C17H19NO/c1-13(19)10-17(12-18)16-9-5-8-15(11-16)14-6-3-2-4-7-14/h2-9,11,17H,10,12,18H2,1H3/t17-/m0/s1. The summed E-state index contributed by atoms with van der Waals surface area (Å²) in [5, 5.41) is 0. The Kier molecular flexibility index (Phi) is 4.48. The molecule has 0 saturated carbocycles. The first-order valence-corrected chi connectivity index (χ1v) is 6.55. The Hall–Kier alpha value is -1.93. The highest BCUT2D eigenvalue weighted by molar-refractivity contribution is 5.76. The monoisotopic (exact) mass is 253 g/mol. The first-order chi connectivity index (χ1) is 9.20. The molecule has 0 aliphatic carbocycles. The van der Waals surface area contributed by atoms with Crippen LogP contribution in [0.25, 0.3) is 11.1 Å². The van der Waals surface area contributed by atoms with E-state index in [0.717, 1.165) is 5.56 Å². The SMILES string of the molecule is CC(=O)C[C@@H](CN)c1cccc(-c2ccccc2)c1. The van der Waals surface area contributed by atoms with Gasteiger partial charge in [0.25, 0.3) is 0 Å². The first-order valence-electron chi connectivity index (χ1n) is 6.55. The third kappa shape index (κ3) is 3.52. The summed E-state index contributed by atoms with van der Waals surface area (Å²) in [7, 11) is 0. The predicted molar refractivity (Wildman–Crippen MR) is 79.0 cm³/mol. The molecule has 2 N–H and O–H groups in total. The predicted octanol–water partition coefficient (Wildman–Crippen LogP) is 3.38. The molecule has 1 atom stereocenters. The average Bonchev–Trinajstić information content (AvgIpc) is 2.45. The molecule has 0 saturated heterocycles. The molecule has 0 spiro atoms. The first kappa shape index (κ1) is 13.5. The van der Waals surface area contributed by atoms with Gasteiger partial charge in [0.15, 0.2) is 0 Å². The van der Waals surface area contributed by atoms with Crippen LogP contribution in [0.2, 0.25) is 0 Å². The summed E-state index contributed by atoms with van der Waals surface area (Å²) in [6, 6.07) is 18.5. The van der Waals surface area contributed by atoms with E-state index in [1.165, 1.54) is 11.1 Å². The van der Waals surface area contributed by atoms with Gasteiger partial charge in [-0.3, -0.25) is 0 Å². The lowest BCUT2D eigenvalue weighted by Gasteiger charge is -2.14. The summed E-state index contributed by atoms with van der Waals surface area (Å²) < 4.78 is 0. The van der Waals surface area contributed by atoms with E-state index in [9.17, 15) is 4.79 Å². The molecule has 2 aromatic carbocycles. The van der Waals surface area contributed by atoms with E-state index in [2.05, 4.69) is 24.3 Å². The maximum absolute atomic E-state index is 11.3. The Balaban J connectivity index is 2.31. The number of hydrogen-bond donors (Lipinski definition) is 1. The Bertz CT molecular complexity index is 548. The van der Waals surface area contributed by atoms with E-state index >= 15 is 0 Å². The minimum absolute atomic E-state index is 0.112. The van der Waals surface area contributed by atoms with Crippen LogP contribution in [0.4, 0.5) is 0 Å². The fourth-order valence-corrected chi connectivity index (χ4v) is 2.29. The number of nitrogens with two attached hydrogens (primary N) is 1. The van der Waals surface area contributed by atoms with E-state index in [1.807, 2.05) is 30.3 Å². The van der Waals surface area contributed by atoms with Gasteiger partial charge in [-0.2, -0.15) is 0 Å². The zero-order valence-electron chi connectivity index (χ0n) is 11.2. The van der Waals surface area contributed by atoms with Crippen LogP contribution in [0.1, 0.15) is 24.8 Å². The Morgan fingerprint density at radius 1 is 1.05 bits per heavy atom. The molecule has 0 unspecified atom stereocenters. The largest absolute Gasteiger partial charge is 0.330 e. The van der Waals surface area contributed by atoms with Crippen LogP contribution in [-0.2, 0) is 4.79 Å². The summed E-state index contributed by atoms with van der Waals surface area (Å²) >= 11 is 0. The molecule has 98 valence electrons. The van der Waals surface area contributed by atoms with E-state index in [0.29, 0.717) is 13.0 Å². The minimum atomic E-state index is 0.112. The molecule has 0 heterocycles. The third-order valence-corrected chi connectivity index (χ3v) is 3.28. The molecule has 2 rings (SSSR count). The van der Waals surface area contributed by atoms with Crippen molar-refractivity contribution in [3.8, 4) is 11.1 Å². The van der Waals surface area contributed by atoms with Gasteiger partial charge >= 0.3 is 0 Å². The van der Waals surface area contributed by atoms with Crippen LogP contribution < -0.4 is 5.73 Å². The van der Waals surface area contributed by atoms with Gasteiger partial charge in [0.05, 0.1) is 0 Å². The second-order valence-electron chi connectivity index (χ2n) is 4.83. The lowest BCUT2D eigenvalue weighted by atomic mass is 9.91. The van der Waals surface area contributed by atoms with Gasteiger partial charge in [-0.1, -0.05) is 54.6 Å². The van der Waals surface area contributed by atoms with Gasteiger partial charge in [0.1, 0.15) is 5.78 Å². The average molecular weight is 253 g/mol. The van der Waals surface area contributed by atoms with Crippen LogP contribution in [0.15, 0.2) is 54.6 Å². The molecule has 0 aromatic heterocycles. The number of benzene rings is 2. The fourth-order valence-electron chi connectivity index (χ4n) is 2.29. The number of carbonyl (C=O) groups is 1. The smallest absolute Gasteiger partial charge is 0.130 e. The highest BCUT2D eigenvalue weighted by atomic mass is 16.1. The van der Waals surface area contributed by atoms with Crippen molar-refractivity contribution < 1.29 is 4.79 Å². The third-order valence-electron chi connectivity index (χ3n) is 3.28. The molecule has 0 aliphatic heterocycles. The second-order valence-corrected chi connectivity index (χ2v) is 4.83. The normalized spacial score (nSPS) is 12.1. The van der Waals surface area contributed by atoms with Crippen LogP contribution >= 0.6 is 0 Å². The Morgan fingerprint density at radius 2 is 1.74 bits per heavy atom. The van der Waals surface area contributed by atoms with Crippen molar-refractivity contribution in [3.05, 3.63) is 60.2 Å². The van der Waals surface area contributed by atoms with Gasteiger partial charge in [-0.15, -0.1) is 0 Å². The van der Waals surface area contributed by atoms with Crippen molar-refractivity contribution in [2.75, 3.05) is 6.54 Å². The van der Waals surface area contributed by atoms with Crippen molar-refractivity contribution >= 4 is 5.78 Å². The fraction of sp³-hybridized carbons (Fsp3) is 0.235. The molecule has 0 radical (unpaired) electrons. The van der Waals surface area contributed by atoms with E-state index < -0.39 is 0 Å². The number of Topliss-reactive ketones (excluding diaryl/α,β-unsaturated/α-hetero) is 1. The number of carbonyl (C=O) groups excluding carboxylic acids is 1. The van der Waals surface area contributed by atoms with Gasteiger partial charge < -0.3 is 10.5 Å². The summed E-state index contributed by atoms with van der Waals surface area (Å²) in [4.78, 5) is 11.3. The van der Waals surface area contributed by atoms with Crippen molar-refractivity contribution in [1.29, 1.82) is 0 Å². The molecular weight excluding hydrogens is 234 g/mol. The molecule has 0 amide bonds. The molecule has 0 aliphatic rings. The summed E-state index contributed by atoms with van der Waals surface area (Å²) in [5.74, 6) is 0.293. The summed E-state index contributed by atoms with van der Waals surface area (Å²) in [5.41, 5.74) is 9.28. The number of rotatable bonds is 5. The van der Waals surface area contributed by atoms with Crippen molar-refractivity contribution in [3.63, 3.8) is 0 Å². The van der Waals surface area contributed by atoms with E-state index in [-0.39, 0.29) is 11.7 Å². The zero-order chi connectivity index (χ0) is 13.7. The van der Waals surface area contributed by atoms with E-state index in [4.69, 9.17) is 5.73 Å². The summed E-state index contributed by atoms with van der Waals surface area (Å²) in [6.45, 7) is 2.11. The number of hydrogen-bond acceptors (Lipinski definition) is 2. The highest BCUT2D eigenvalue weighted by Crippen LogP contribution is 2.25.